The maximum absolute atomic E-state index is 11.7. The fourth-order valence-corrected chi connectivity index (χ4v) is 2.32. The van der Waals surface area contributed by atoms with Crippen LogP contribution in [0.5, 0.6) is 0 Å². The minimum absolute atomic E-state index is 0.265. The van der Waals surface area contributed by atoms with E-state index in [2.05, 4.69) is 14.7 Å². The molecule has 1 N–H and O–H groups in total. The summed E-state index contributed by atoms with van der Waals surface area (Å²) in [5.41, 5.74) is 2.62. The van der Waals surface area contributed by atoms with Crippen molar-refractivity contribution in [3.8, 4) is 11.3 Å². The summed E-state index contributed by atoms with van der Waals surface area (Å²) in [7, 11) is -3.25. The van der Waals surface area contributed by atoms with Crippen LogP contribution in [-0.4, -0.2) is 23.6 Å². The standard InChI is InChI=1S/C14H17N3O2S/c1-11(2)20(18,19)17-10-12-3-8-16-14(9-12)13-4-6-15-7-5-13/h3-9,11,17H,10H2,1-2H3. The molecule has 0 unspecified atom stereocenters. The molecular formula is C14H17N3O2S. The summed E-state index contributed by atoms with van der Waals surface area (Å²) in [6.45, 7) is 3.57. The first-order valence-corrected chi connectivity index (χ1v) is 7.87. The van der Waals surface area contributed by atoms with Gasteiger partial charge in [0.1, 0.15) is 0 Å². The van der Waals surface area contributed by atoms with E-state index < -0.39 is 15.3 Å². The van der Waals surface area contributed by atoms with E-state index in [-0.39, 0.29) is 6.54 Å². The second-order valence-corrected chi connectivity index (χ2v) is 7.02. The second kappa shape index (κ2) is 6.11. The minimum Gasteiger partial charge on any atom is -0.265 e. The van der Waals surface area contributed by atoms with Crippen LogP contribution in [0, 0.1) is 0 Å². The molecule has 0 spiro atoms. The van der Waals surface area contributed by atoms with Crippen LogP contribution in [0.3, 0.4) is 0 Å². The van der Waals surface area contributed by atoms with Gasteiger partial charge in [-0.2, -0.15) is 0 Å². The third-order valence-corrected chi connectivity index (χ3v) is 4.69. The molecule has 6 heteroatoms. The van der Waals surface area contributed by atoms with Gasteiger partial charge in [-0.15, -0.1) is 0 Å². The molecule has 5 nitrogen and oxygen atoms in total. The number of nitrogens with zero attached hydrogens (tertiary/aromatic N) is 2. The Kier molecular flexibility index (Phi) is 4.46. The number of rotatable bonds is 5. The van der Waals surface area contributed by atoms with Crippen LogP contribution in [0.1, 0.15) is 19.4 Å². The van der Waals surface area contributed by atoms with Crippen LogP contribution in [-0.2, 0) is 16.6 Å². The lowest BCUT2D eigenvalue weighted by atomic mass is 10.1. The third kappa shape index (κ3) is 3.61. The van der Waals surface area contributed by atoms with Crippen LogP contribution < -0.4 is 4.72 Å². The Morgan fingerprint density at radius 3 is 2.50 bits per heavy atom. The predicted molar refractivity (Wildman–Crippen MR) is 78.4 cm³/mol. The highest BCUT2D eigenvalue weighted by Crippen LogP contribution is 2.16. The van der Waals surface area contributed by atoms with Gasteiger partial charge in [-0.3, -0.25) is 9.97 Å². The van der Waals surface area contributed by atoms with Crippen LogP contribution >= 0.6 is 0 Å². The van der Waals surface area contributed by atoms with Gasteiger partial charge in [0, 0.05) is 30.7 Å². The quantitative estimate of drug-likeness (QED) is 0.914. The van der Waals surface area contributed by atoms with E-state index >= 15 is 0 Å². The normalized spacial score (nSPS) is 11.8. The molecule has 0 saturated heterocycles. The molecule has 0 atom stereocenters. The third-order valence-electron chi connectivity index (χ3n) is 2.90. The molecule has 0 amide bonds. The van der Waals surface area contributed by atoms with Gasteiger partial charge in [-0.05, 0) is 43.7 Å². The average molecular weight is 291 g/mol. The molecule has 0 aromatic carbocycles. The molecule has 0 radical (unpaired) electrons. The van der Waals surface area contributed by atoms with Gasteiger partial charge in [0.25, 0.3) is 0 Å². The van der Waals surface area contributed by atoms with E-state index in [4.69, 9.17) is 0 Å². The van der Waals surface area contributed by atoms with Crippen molar-refractivity contribution in [3.63, 3.8) is 0 Å². The van der Waals surface area contributed by atoms with Gasteiger partial charge in [0.15, 0.2) is 0 Å². The summed E-state index contributed by atoms with van der Waals surface area (Å²) in [6, 6.07) is 7.40. The van der Waals surface area contributed by atoms with Crippen molar-refractivity contribution in [3.05, 3.63) is 48.4 Å². The molecule has 0 fully saturated rings. The molecule has 0 aliphatic heterocycles. The van der Waals surface area contributed by atoms with Crippen molar-refractivity contribution in [2.75, 3.05) is 0 Å². The van der Waals surface area contributed by atoms with Crippen LogP contribution in [0.4, 0.5) is 0 Å². The number of hydrogen-bond acceptors (Lipinski definition) is 4. The second-order valence-electron chi connectivity index (χ2n) is 4.70. The Balaban J connectivity index is 2.15. The maximum atomic E-state index is 11.7. The number of nitrogens with one attached hydrogen (secondary N) is 1. The molecule has 0 aliphatic rings. The van der Waals surface area contributed by atoms with E-state index in [0.29, 0.717) is 0 Å². The first-order chi connectivity index (χ1) is 9.49. The number of pyridine rings is 2. The Hall–Kier alpha value is -1.79. The zero-order valence-corrected chi connectivity index (χ0v) is 12.3. The monoisotopic (exact) mass is 291 g/mol. The highest BCUT2D eigenvalue weighted by molar-refractivity contribution is 7.90. The molecule has 2 heterocycles. The Labute approximate surface area is 119 Å². The Morgan fingerprint density at radius 1 is 1.15 bits per heavy atom. The predicted octanol–water partition coefficient (Wildman–Crippen LogP) is 1.97. The van der Waals surface area contributed by atoms with Crippen LogP contribution in [0.2, 0.25) is 0 Å². The number of hydrogen-bond donors (Lipinski definition) is 1. The Morgan fingerprint density at radius 2 is 1.85 bits per heavy atom. The first-order valence-electron chi connectivity index (χ1n) is 6.33. The van der Waals surface area contributed by atoms with Gasteiger partial charge >= 0.3 is 0 Å². The maximum Gasteiger partial charge on any atom is 0.214 e. The number of sulfonamides is 1. The highest BCUT2D eigenvalue weighted by atomic mass is 32.2. The smallest absolute Gasteiger partial charge is 0.214 e. The zero-order chi connectivity index (χ0) is 14.6. The van der Waals surface area contributed by atoms with Crippen molar-refractivity contribution in [1.82, 2.24) is 14.7 Å². The topological polar surface area (TPSA) is 72.0 Å². The minimum atomic E-state index is -3.25. The summed E-state index contributed by atoms with van der Waals surface area (Å²) in [5, 5.41) is -0.441. The fourth-order valence-electron chi connectivity index (χ4n) is 1.62. The SMILES string of the molecule is CC(C)S(=O)(=O)NCc1ccnc(-c2ccncc2)c1. The molecule has 20 heavy (non-hydrogen) atoms. The molecule has 0 saturated carbocycles. The number of aromatic nitrogens is 2. The molecule has 0 aliphatic carbocycles. The van der Waals surface area contributed by atoms with Crippen molar-refractivity contribution in [1.29, 1.82) is 0 Å². The molecule has 106 valence electrons. The summed E-state index contributed by atoms with van der Waals surface area (Å²) in [6.07, 6.45) is 5.07. The van der Waals surface area contributed by atoms with E-state index in [1.165, 1.54) is 0 Å². The lowest BCUT2D eigenvalue weighted by molar-refractivity contribution is 0.572. The van der Waals surface area contributed by atoms with Gasteiger partial charge in [-0.25, -0.2) is 13.1 Å². The molecule has 2 aromatic rings. The summed E-state index contributed by atoms with van der Waals surface area (Å²) in [5.74, 6) is 0. The summed E-state index contributed by atoms with van der Waals surface area (Å²) < 4.78 is 26.0. The molecule has 0 bridgehead atoms. The van der Waals surface area contributed by atoms with Gasteiger partial charge < -0.3 is 0 Å². The Bertz CT molecular complexity index is 670. The zero-order valence-electron chi connectivity index (χ0n) is 11.4. The lowest BCUT2D eigenvalue weighted by Gasteiger charge is -2.10. The van der Waals surface area contributed by atoms with Gasteiger partial charge in [-0.1, -0.05) is 0 Å². The summed E-state index contributed by atoms with van der Waals surface area (Å²) in [4.78, 5) is 8.25. The highest BCUT2D eigenvalue weighted by Gasteiger charge is 2.14. The largest absolute Gasteiger partial charge is 0.265 e. The fraction of sp³-hybridized carbons (Fsp3) is 0.286. The van der Waals surface area contributed by atoms with Crippen LogP contribution in [0.15, 0.2) is 42.9 Å². The molecule has 2 rings (SSSR count). The van der Waals surface area contributed by atoms with Crippen molar-refractivity contribution in [2.24, 2.45) is 0 Å². The first kappa shape index (κ1) is 14.6. The molecular weight excluding hydrogens is 274 g/mol. The van der Waals surface area contributed by atoms with Crippen molar-refractivity contribution < 1.29 is 8.42 Å². The van der Waals surface area contributed by atoms with E-state index in [1.807, 2.05) is 18.2 Å². The van der Waals surface area contributed by atoms with Gasteiger partial charge in [0.2, 0.25) is 10.0 Å². The van der Waals surface area contributed by atoms with E-state index in [1.54, 1.807) is 38.5 Å². The lowest BCUT2D eigenvalue weighted by Crippen LogP contribution is -2.30. The molecule has 2 aromatic heterocycles. The van der Waals surface area contributed by atoms with E-state index in [0.717, 1.165) is 16.8 Å². The van der Waals surface area contributed by atoms with Crippen molar-refractivity contribution >= 4 is 10.0 Å². The van der Waals surface area contributed by atoms with E-state index in [9.17, 15) is 8.42 Å². The van der Waals surface area contributed by atoms with Crippen molar-refractivity contribution in [2.45, 2.75) is 25.6 Å². The van der Waals surface area contributed by atoms with Crippen LogP contribution in [0.25, 0.3) is 11.3 Å². The average Bonchev–Trinajstić information content (AvgIpc) is 2.46. The summed E-state index contributed by atoms with van der Waals surface area (Å²) >= 11 is 0. The van der Waals surface area contributed by atoms with Gasteiger partial charge in [0.05, 0.1) is 10.9 Å².